The number of aryl methyl sites for hydroxylation is 2. The number of pyridine rings is 2. The van der Waals surface area contributed by atoms with Crippen molar-refractivity contribution in [3.8, 4) is 0 Å². The van der Waals surface area contributed by atoms with Crippen LogP contribution in [-0.2, 0) is 17.6 Å². The minimum absolute atomic E-state index is 0.0605. The van der Waals surface area contributed by atoms with Crippen molar-refractivity contribution < 1.29 is 4.79 Å². The zero-order chi connectivity index (χ0) is 18.8. The van der Waals surface area contributed by atoms with Gasteiger partial charge in [0.15, 0.2) is 0 Å². The number of hydrogen-bond donors (Lipinski definition) is 1. The quantitative estimate of drug-likeness (QED) is 0.614. The van der Waals surface area contributed by atoms with Crippen LogP contribution in [0.3, 0.4) is 0 Å². The first-order valence-corrected chi connectivity index (χ1v) is 10.4. The van der Waals surface area contributed by atoms with Crippen LogP contribution in [0.4, 0.5) is 5.82 Å². The summed E-state index contributed by atoms with van der Waals surface area (Å²) < 4.78 is 0. The molecule has 138 valence electrons. The van der Waals surface area contributed by atoms with Crippen molar-refractivity contribution in [3.63, 3.8) is 0 Å². The topological polar surface area (TPSA) is 54.9 Å². The molecule has 1 aromatic carbocycles. The SMILES string of the molecule is Cc1cccc(NC(=O)CSc2c3c(nc4ccc(Cl)cc24)CCCC3)n1. The van der Waals surface area contributed by atoms with Gasteiger partial charge in [-0.1, -0.05) is 17.7 Å². The Bertz CT molecular complexity index is 1020. The van der Waals surface area contributed by atoms with Crippen LogP contribution in [0.1, 0.15) is 29.8 Å². The smallest absolute Gasteiger partial charge is 0.235 e. The third-order valence-electron chi connectivity index (χ3n) is 4.67. The zero-order valence-electron chi connectivity index (χ0n) is 15.1. The molecule has 4 nitrogen and oxygen atoms in total. The number of anilines is 1. The Morgan fingerprint density at radius 2 is 2.04 bits per heavy atom. The van der Waals surface area contributed by atoms with E-state index in [4.69, 9.17) is 16.6 Å². The number of fused-ring (bicyclic) bond motifs is 2. The Balaban J connectivity index is 1.60. The van der Waals surface area contributed by atoms with Crippen LogP contribution in [0.15, 0.2) is 41.3 Å². The van der Waals surface area contributed by atoms with Crippen molar-refractivity contribution in [2.75, 3.05) is 11.1 Å². The second-order valence-corrected chi connectivity index (χ2v) is 8.16. The molecule has 2 heterocycles. The van der Waals surface area contributed by atoms with Gasteiger partial charge in [-0.25, -0.2) is 4.98 Å². The molecule has 0 radical (unpaired) electrons. The third-order valence-corrected chi connectivity index (χ3v) is 6.07. The second kappa shape index (κ2) is 7.87. The molecule has 6 heteroatoms. The monoisotopic (exact) mass is 397 g/mol. The maximum absolute atomic E-state index is 12.5. The summed E-state index contributed by atoms with van der Waals surface area (Å²) in [5, 5.41) is 4.61. The molecule has 0 aliphatic heterocycles. The molecule has 4 rings (SSSR count). The molecule has 1 amide bonds. The lowest BCUT2D eigenvalue weighted by atomic mass is 9.94. The Labute approximate surface area is 167 Å². The summed E-state index contributed by atoms with van der Waals surface area (Å²) in [5.41, 5.74) is 4.27. The molecule has 0 saturated heterocycles. The van der Waals surface area contributed by atoms with Crippen LogP contribution in [0.25, 0.3) is 10.9 Å². The van der Waals surface area contributed by atoms with Crippen molar-refractivity contribution >= 4 is 46.0 Å². The molecule has 1 aliphatic carbocycles. The average molecular weight is 398 g/mol. The number of benzene rings is 1. The fourth-order valence-electron chi connectivity index (χ4n) is 3.45. The number of nitrogens with one attached hydrogen (secondary N) is 1. The minimum atomic E-state index is -0.0605. The van der Waals surface area contributed by atoms with Crippen LogP contribution in [0, 0.1) is 6.92 Å². The predicted octanol–water partition coefficient (Wildman–Crippen LogP) is 5.20. The highest BCUT2D eigenvalue weighted by Crippen LogP contribution is 2.37. The summed E-state index contributed by atoms with van der Waals surface area (Å²) in [7, 11) is 0. The van der Waals surface area contributed by atoms with E-state index < -0.39 is 0 Å². The first-order chi connectivity index (χ1) is 13.1. The molecule has 1 N–H and O–H groups in total. The molecule has 0 fully saturated rings. The molecule has 0 spiro atoms. The van der Waals surface area contributed by atoms with E-state index in [1.54, 1.807) is 17.8 Å². The number of carbonyl (C=O) groups is 1. The Morgan fingerprint density at radius 1 is 1.19 bits per heavy atom. The number of aromatic nitrogens is 2. The van der Waals surface area contributed by atoms with Crippen LogP contribution in [0.5, 0.6) is 0 Å². The summed E-state index contributed by atoms with van der Waals surface area (Å²) in [5.74, 6) is 0.855. The van der Waals surface area contributed by atoms with Crippen molar-refractivity contribution in [1.29, 1.82) is 0 Å². The fraction of sp³-hybridized carbons (Fsp3) is 0.286. The van der Waals surface area contributed by atoms with Gasteiger partial charge in [0.2, 0.25) is 5.91 Å². The molecular formula is C21H20ClN3OS. The van der Waals surface area contributed by atoms with Crippen molar-refractivity contribution in [2.24, 2.45) is 0 Å². The van der Waals surface area contributed by atoms with E-state index >= 15 is 0 Å². The normalized spacial score (nSPS) is 13.4. The van der Waals surface area contributed by atoms with Gasteiger partial charge in [-0.05, 0) is 68.5 Å². The number of nitrogens with zero attached hydrogens (tertiary/aromatic N) is 2. The molecule has 2 aromatic heterocycles. The molecule has 1 aliphatic rings. The van der Waals surface area contributed by atoms with Crippen LogP contribution < -0.4 is 5.32 Å². The van der Waals surface area contributed by atoms with Crippen molar-refractivity contribution in [2.45, 2.75) is 37.5 Å². The van der Waals surface area contributed by atoms with E-state index in [1.165, 1.54) is 17.7 Å². The lowest BCUT2D eigenvalue weighted by Gasteiger charge is -2.20. The summed E-state index contributed by atoms with van der Waals surface area (Å²) >= 11 is 7.80. The summed E-state index contributed by atoms with van der Waals surface area (Å²) in [4.78, 5) is 22.8. The Hall–Kier alpha value is -2.11. The number of hydrogen-bond acceptors (Lipinski definition) is 4. The van der Waals surface area contributed by atoms with Crippen molar-refractivity contribution in [3.05, 3.63) is 58.4 Å². The highest BCUT2D eigenvalue weighted by molar-refractivity contribution is 8.00. The van der Waals surface area contributed by atoms with E-state index in [-0.39, 0.29) is 5.91 Å². The first-order valence-electron chi connectivity index (χ1n) is 9.07. The van der Waals surface area contributed by atoms with Gasteiger partial charge in [0.1, 0.15) is 5.82 Å². The van der Waals surface area contributed by atoms with E-state index in [1.807, 2.05) is 37.3 Å². The van der Waals surface area contributed by atoms with Gasteiger partial charge in [-0.3, -0.25) is 9.78 Å². The Morgan fingerprint density at radius 3 is 2.89 bits per heavy atom. The molecule has 27 heavy (non-hydrogen) atoms. The highest BCUT2D eigenvalue weighted by atomic mass is 35.5. The minimum Gasteiger partial charge on any atom is -0.310 e. The lowest BCUT2D eigenvalue weighted by molar-refractivity contribution is -0.113. The van der Waals surface area contributed by atoms with E-state index in [9.17, 15) is 4.79 Å². The molecule has 0 saturated carbocycles. The van der Waals surface area contributed by atoms with Gasteiger partial charge in [0, 0.05) is 26.7 Å². The van der Waals surface area contributed by atoms with E-state index in [2.05, 4.69) is 10.3 Å². The molecule has 0 atom stereocenters. The average Bonchev–Trinajstić information content (AvgIpc) is 2.65. The summed E-state index contributed by atoms with van der Waals surface area (Å²) in [6.45, 7) is 1.91. The maximum atomic E-state index is 12.5. The largest absolute Gasteiger partial charge is 0.310 e. The third kappa shape index (κ3) is 4.09. The highest BCUT2D eigenvalue weighted by Gasteiger charge is 2.19. The molecule has 0 unspecified atom stereocenters. The van der Waals surface area contributed by atoms with Crippen LogP contribution in [0.2, 0.25) is 5.02 Å². The van der Waals surface area contributed by atoms with Gasteiger partial charge in [0.05, 0.1) is 11.3 Å². The van der Waals surface area contributed by atoms with Gasteiger partial charge in [0.25, 0.3) is 0 Å². The standard InChI is InChI=1S/C21H20ClN3OS/c1-13-5-4-8-19(23-13)25-20(26)12-27-21-15-6-2-3-7-17(15)24-18-10-9-14(22)11-16(18)21/h4-5,8-11H,2-3,6-7,12H2,1H3,(H,23,25,26). The van der Waals surface area contributed by atoms with Crippen LogP contribution >= 0.6 is 23.4 Å². The first kappa shape index (κ1) is 18.3. The van der Waals surface area contributed by atoms with Crippen molar-refractivity contribution in [1.82, 2.24) is 9.97 Å². The van der Waals surface area contributed by atoms with Crippen LogP contribution in [-0.4, -0.2) is 21.6 Å². The maximum Gasteiger partial charge on any atom is 0.235 e. The van der Waals surface area contributed by atoms with E-state index in [0.717, 1.165) is 40.8 Å². The predicted molar refractivity (Wildman–Crippen MR) is 112 cm³/mol. The molecule has 3 aromatic rings. The summed E-state index contributed by atoms with van der Waals surface area (Å²) in [6.07, 6.45) is 4.34. The summed E-state index contributed by atoms with van der Waals surface area (Å²) in [6, 6.07) is 11.4. The second-order valence-electron chi connectivity index (χ2n) is 6.74. The number of carbonyl (C=O) groups excluding carboxylic acids is 1. The van der Waals surface area contributed by atoms with E-state index in [0.29, 0.717) is 16.6 Å². The zero-order valence-corrected chi connectivity index (χ0v) is 16.7. The number of rotatable bonds is 4. The van der Waals surface area contributed by atoms with Gasteiger partial charge in [-0.2, -0.15) is 0 Å². The van der Waals surface area contributed by atoms with Gasteiger partial charge in [-0.15, -0.1) is 11.8 Å². The fourth-order valence-corrected chi connectivity index (χ4v) is 4.68. The van der Waals surface area contributed by atoms with Gasteiger partial charge >= 0.3 is 0 Å². The molecule has 0 bridgehead atoms. The lowest BCUT2D eigenvalue weighted by Crippen LogP contribution is -2.16. The number of thioether (sulfide) groups is 1. The molecular weight excluding hydrogens is 378 g/mol. The number of amides is 1. The Kier molecular flexibility index (Phi) is 5.32. The van der Waals surface area contributed by atoms with Gasteiger partial charge < -0.3 is 5.32 Å². The number of halogens is 1.